The molecule has 20 heavy (non-hydrogen) atoms. The molecule has 0 radical (unpaired) electrons. The standard InChI is InChI=1S/C16H19N3O/c1-11(2)15(17)12-3-5-13(6-4-12)16(20)19-14-7-9-18-10-8-14/h3-11,15H,17H2,1-2H3,(H,18,19,20). The molecule has 1 aromatic heterocycles. The van der Waals surface area contributed by atoms with E-state index in [4.69, 9.17) is 5.73 Å². The molecule has 0 aliphatic heterocycles. The summed E-state index contributed by atoms with van der Waals surface area (Å²) in [6.45, 7) is 4.16. The lowest BCUT2D eigenvalue weighted by atomic mass is 9.96. The van der Waals surface area contributed by atoms with Gasteiger partial charge in [0, 0.05) is 29.7 Å². The lowest BCUT2D eigenvalue weighted by Gasteiger charge is -2.16. The second-order valence-electron chi connectivity index (χ2n) is 5.08. The number of anilines is 1. The number of pyridine rings is 1. The number of nitrogens with one attached hydrogen (secondary N) is 1. The van der Waals surface area contributed by atoms with Crippen molar-refractivity contribution in [1.29, 1.82) is 0 Å². The predicted molar refractivity (Wildman–Crippen MR) is 80.4 cm³/mol. The molecule has 0 aliphatic rings. The summed E-state index contributed by atoms with van der Waals surface area (Å²) in [5, 5.41) is 2.82. The third kappa shape index (κ3) is 3.42. The van der Waals surface area contributed by atoms with Crippen molar-refractivity contribution in [3.8, 4) is 0 Å². The van der Waals surface area contributed by atoms with E-state index in [-0.39, 0.29) is 11.9 Å². The monoisotopic (exact) mass is 269 g/mol. The molecule has 0 aliphatic carbocycles. The van der Waals surface area contributed by atoms with Gasteiger partial charge in [0.05, 0.1) is 0 Å². The van der Waals surface area contributed by atoms with E-state index in [2.05, 4.69) is 24.1 Å². The van der Waals surface area contributed by atoms with E-state index < -0.39 is 0 Å². The van der Waals surface area contributed by atoms with Crippen LogP contribution in [0.1, 0.15) is 35.8 Å². The van der Waals surface area contributed by atoms with Gasteiger partial charge in [0.1, 0.15) is 0 Å². The first-order chi connectivity index (χ1) is 9.58. The van der Waals surface area contributed by atoms with Crippen LogP contribution in [0.3, 0.4) is 0 Å². The normalized spacial score (nSPS) is 12.2. The summed E-state index contributed by atoms with van der Waals surface area (Å²) >= 11 is 0. The van der Waals surface area contributed by atoms with Crippen LogP contribution >= 0.6 is 0 Å². The van der Waals surface area contributed by atoms with Crippen LogP contribution < -0.4 is 11.1 Å². The first-order valence-electron chi connectivity index (χ1n) is 6.65. The molecule has 1 atom stereocenters. The van der Waals surface area contributed by atoms with E-state index in [9.17, 15) is 4.79 Å². The minimum absolute atomic E-state index is 0.00712. The number of carbonyl (C=O) groups excluding carboxylic acids is 1. The summed E-state index contributed by atoms with van der Waals surface area (Å²) in [4.78, 5) is 16.0. The zero-order chi connectivity index (χ0) is 14.5. The van der Waals surface area contributed by atoms with Crippen molar-refractivity contribution in [2.45, 2.75) is 19.9 Å². The third-order valence-corrected chi connectivity index (χ3v) is 3.21. The van der Waals surface area contributed by atoms with Gasteiger partial charge in [-0.15, -0.1) is 0 Å². The van der Waals surface area contributed by atoms with Crippen LogP contribution in [-0.4, -0.2) is 10.9 Å². The molecular weight excluding hydrogens is 250 g/mol. The number of carbonyl (C=O) groups is 1. The van der Waals surface area contributed by atoms with Gasteiger partial charge in [-0.2, -0.15) is 0 Å². The Hall–Kier alpha value is -2.20. The van der Waals surface area contributed by atoms with Crippen molar-refractivity contribution in [3.63, 3.8) is 0 Å². The topological polar surface area (TPSA) is 68.0 Å². The summed E-state index contributed by atoms with van der Waals surface area (Å²) < 4.78 is 0. The van der Waals surface area contributed by atoms with Gasteiger partial charge >= 0.3 is 0 Å². The smallest absolute Gasteiger partial charge is 0.255 e. The highest BCUT2D eigenvalue weighted by atomic mass is 16.1. The number of hydrogen-bond acceptors (Lipinski definition) is 3. The number of benzene rings is 1. The molecule has 2 aromatic rings. The molecule has 0 saturated heterocycles. The zero-order valence-corrected chi connectivity index (χ0v) is 11.7. The van der Waals surface area contributed by atoms with Crippen LogP contribution in [0, 0.1) is 5.92 Å². The average Bonchev–Trinajstić information content (AvgIpc) is 2.47. The van der Waals surface area contributed by atoms with E-state index in [1.165, 1.54) is 0 Å². The van der Waals surface area contributed by atoms with Gasteiger partial charge in [-0.3, -0.25) is 9.78 Å². The molecule has 3 N–H and O–H groups in total. The van der Waals surface area contributed by atoms with Crippen molar-refractivity contribution in [3.05, 3.63) is 59.9 Å². The highest BCUT2D eigenvalue weighted by Gasteiger charge is 2.11. The molecule has 2 rings (SSSR count). The molecule has 1 amide bonds. The maximum Gasteiger partial charge on any atom is 0.255 e. The summed E-state index contributed by atoms with van der Waals surface area (Å²) in [6.07, 6.45) is 3.28. The van der Waals surface area contributed by atoms with Gasteiger partial charge in [0.15, 0.2) is 0 Å². The van der Waals surface area contributed by atoms with Crippen LogP contribution in [-0.2, 0) is 0 Å². The maximum atomic E-state index is 12.1. The van der Waals surface area contributed by atoms with Gasteiger partial charge in [0.2, 0.25) is 0 Å². The number of nitrogens with two attached hydrogens (primary N) is 1. The molecule has 0 bridgehead atoms. The first-order valence-corrected chi connectivity index (χ1v) is 6.65. The Morgan fingerprint density at radius 3 is 2.25 bits per heavy atom. The summed E-state index contributed by atoms with van der Waals surface area (Å²) in [5.41, 5.74) is 8.46. The number of aromatic nitrogens is 1. The Morgan fingerprint density at radius 1 is 1.10 bits per heavy atom. The molecule has 104 valence electrons. The van der Waals surface area contributed by atoms with Crippen molar-refractivity contribution in [2.24, 2.45) is 11.7 Å². The molecule has 1 unspecified atom stereocenters. The maximum absolute atomic E-state index is 12.1. The fourth-order valence-electron chi connectivity index (χ4n) is 1.88. The molecule has 1 aromatic carbocycles. The first kappa shape index (κ1) is 14.2. The molecule has 1 heterocycles. The van der Waals surface area contributed by atoms with Gasteiger partial charge in [-0.1, -0.05) is 26.0 Å². The molecular formula is C16H19N3O. The molecule has 0 spiro atoms. The fraction of sp³-hybridized carbons (Fsp3) is 0.250. The van der Waals surface area contributed by atoms with Crippen molar-refractivity contribution >= 4 is 11.6 Å². The van der Waals surface area contributed by atoms with E-state index in [1.54, 1.807) is 36.7 Å². The minimum Gasteiger partial charge on any atom is -0.324 e. The number of rotatable bonds is 4. The van der Waals surface area contributed by atoms with Crippen LogP contribution in [0.2, 0.25) is 0 Å². The number of amides is 1. The number of nitrogens with zero attached hydrogens (tertiary/aromatic N) is 1. The van der Waals surface area contributed by atoms with Crippen LogP contribution in [0.5, 0.6) is 0 Å². The largest absolute Gasteiger partial charge is 0.324 e. The SMILES string of the molecule is CC(C)C(N)c1ccc(C(=O)Nc2ccncc2)cc1. The van der Waals surface area contributed by atoms with Crippen molar-refractivity contribution in [1.82, 2.24) is 4.98 Å². The van der Waals surface area contributed by atoms with Crippen LogP contribution in [0.4, 0.5) is 5.69 Å². The zero-order valence-electron chi connectivity index (χ0n) is 11.7. The second-order valence-corrected chi connectivity index (χ2v) is 5.08. The van der Waals surface area contributed by atoms with Gasteiger partial charge < -0.3 is 11.1 Å². The molecule has 4 heteroatoms. The van der Waals surface area contributed by atoms with Gasteiger partial charge in [-0.05, 0) is 35.7 Å². The minimum atomic E-state index is -0.138. The highest BCUT2D eigenvalue weighted by Crippen LogP contribution is 2.19. The third-order valence-electron chi connectivity index (χ3n) is 3.21. The van der Waals surface area contributed by atoms with Gasteiger partial charge in [0.25, 0.3) is 5.91 Å². The van der Waals surface area contributed by atoms with E-state index in [0.29, 0.717) is 11.5 Å². The Morgan fingerprint density at radius 2 is 1.70 bits per heavy atom. The summed E-state index contributed by atoms with van der Waals surface area (Å²) in [7, 11) is 0. The Kier molecular flexibility index (Phi) is 4.48. The summed E-state index contributed by atoms with van der Waals surface area (Å²) in [6, 6.07) is 10.9. The molecule has 4 nitrogen and oxygen atoms in total. The molecule has 0 fully saturated rings. The predicted octanol–water partition coefficient (Wildman–Crippen LogP) is 2.99. The number of hydrogen-bond donors (Lipinski definition) is 2. The van der Waals surface area contributed by atoms with Gasteiger partial charge in [-0.25, -0.2) is 0 Å². The average molecular weight is 269 g/mol. The highest BCUT2D eigenvalue weighted by molar-refractivity contribution is 6.04. The fourth-order valence-corrected chi connectivity index (χ4v) is 1.88. The Balaban J connectivity index is 2.08. The van der Waals surface area contributed by atoms with E-state index in [1.807, 2.05) is 12.1 Å². The van der Waals surface area contributed by atoms with Crippen molar-refractivity contribution < 1.29 is 4.79 Å². The second kappa shape index (κ2) is 6.30. The summed E-state index contributed by atoms with van der Waals surface area (Å²) in [5.74, 6) is 0.229. The Bertz CT molecular complexity index is 564. The Labute approximate surface area is 119 Å². The lowest BCUT2D eigenvalue weighted by molar-refractivity contribution is 0.102. The van der Waals surface area contributed by atoms with Crippen LogP contribution in [0.15, 0.2) is 48.8 Å². The quantitative estimate of drug-likeness (QED) is 0.896. The van der Waals surface area contributed by atoms with Crippen LogP contribution in [0.25, 0.3) is 0 Å². The van der Waals surface area contributed by atoms with E-state index >= 15 is 0 Å². The lowest BCUT2D eigenvalue weighted by Crippen LogP contribution is -2.17. The van der Waals surface area contributed by atoms with E-state index in [0.717, 1.165) is 11.3 Å². The molecule has 0 saturated carbocycles. The van der Waals surface area contributed by atoms with Crippen molar-refractivity contribution in [2.75, 3.05) is 5.32 Å².